The minimum Gasteiger partial charge on any atom is -0.309 e. The van der Waals surface area contributed by atoms with Gasteiger partial charge in [-0.05, 0) is 93.0 Å². The van der Waals surface area contributed by atoms with E-state index in [0.29, 0.717) is 0 Å². The lowest BCUT2D eigenvalue weighted by atomic mass is 9.96. The lowest BCUT2D eigenvalue weighted by Gasteiger charge is -2.29. The third kappa shape index (κ3) is 5.91. The molecule has 0 aliphatic heterocycles. The molecule has 0 aliphatic rings. The molecule has 0 N–H and O–H groups in total. The number of hydrogen-bond acceptors (Lipinski definition) is 3. The Morgan fingerprint density at radius 3 is 1.51 bits per heavy atom. The minimum absolute atomic E-state index is 1.12. The zero-order valence-corrected chi connectivity index (χ0v) is 32.6. The van der Waals surface area contributed by atoms with Crippen LogP contribution in [-0.4, -0.2) is 0 Å². The van der Waals surface area contributed by atoms with Crippen molar-refractivity contribution in [3.05, 3.63) is 212 Å². The number of rotatable bonds is 7. The molecule has 57 heavy (non-hydrogen) atoms. The Labute approximate surface area is 340 Å². The minimum atomic E-state index is 1.12. The SMILES string of the molecule is c1ccc(-c2cc(-c3ccccc3)cc(N(c3cccc4sc5cc(-c6ccccc6)ccc5c34)c3ccc(-c4ccccc4)c4sc5ccccc5c34)c2)cc1. The highest BCUT2D eigenvalue weighted by Gasteiger charge is 2.25. The van der Waals surface area contributed by atoms with Gasteiger partial charge in [0.1, 0.15) is 0 Å². The predicted octanol–water partition coefficient (Wildman–Crippen LogP) is 16.6. The van der Waals surface area contributed by atoms with Crippen molar-refractivity contribution in [1.82, 2.24) is 0 Å². The summed E-state index contributed by atoms with van der Waals surface area (Å²) < 4.78 is 5.13. The van der Waals surface area contributed by atoms with Gasteiger partial charge in [-0.25, -0.2) is 0 Å². The number of thiophene rings is 2. The monoisotopic (exact) mass is 761 g/mol. The molecule has 9 aromatic carbocycles. The summed E-state index contributed by atoms with van der Waals surface area (Å²) in [6.45, 7) is 0. The summed E-state index contributed by atoms with van der Waals surface area (Å²) >= 11 is 3.76. The summed E-state index contributed by atoms with van der Waals surface area (Å²) in [4.78, 5) is 2.55. The summed E-state index contributed by atoms with van der Waals surface area (Å²) in [7, 11) is 0. The first-order valence-corrected chi connectivity index (χ1v) is 21.0. The number of nitrogens with zero attached hydrogens (tertiary/aromatic N) is 1. The fraction of sp³-hybridized carbons (Fsp3) is 0. The Morgan fingerprint density at radius 2 is 0.842 bits per heavy atom. The van der Waals surface area contributed by atoms with Gasteiger partial charge in [0.15, 0.2) is 0 Å². The normalized spacial score (nSPS) is 11.5. The van der Waals surface area contributed by atoms with Crippen molar-refractivity contribution in [2.75, 3.05) is 4.90 Å². The maximum absolute atomic E-state index is 2.55. The van der Waals surface area contributed by atoms with E-state index in [-0.39, 0.29) is 0 Å². The lowest BCUT2D eigenvalue weighted by Crippen LogP contribution is -2.11. The highest BCUT2D eigenvalue weighted by molar-refractivity contribution is 7.26. The van der Waals surface area contributed by atoms with Gasteiger partial charge < -0.3 is 4.90 Å². The average molecular weight is 762 g/mol. The van der Waals surface area contributed by atoms with Gasteiger partial charge in [0.2, 0.25) is 0 Å². The third-order valence-electron chi connectivity index (χ3n) is 11.0. The topological polar surface area (TPSA) is 3.24 Å². The van der Waals surface area contributed by atoms with Crippen LogP contribution in [0.25, 0.3) is 84.9 Å². The van der Waals surface area contributed by atoms with E-state index in [9.17, 15) is 0 Å². The maximum atomic E-state index is 2.55. The van der Waals surface area contributed by atoms with Crippen molar-refractivity contribution in [3.63, 3.8) is 0 Å². The van der Waals surface area contributed by atoms with Crippen LogP contribution in [0.15, 0.2) is 212 Å². The molecule has 0 spiro atoms. The second-order valence-electron chi connectivity index (χ2n) is 14.5. The summed E-state index contributed by atoms with van der Waals surface area (Å²) in [5.74, 6) is 0. The molecule has 0 aliphatic carbocycles. The maximum Gasteiger partial charge on any atom is 0.0555 e. The summed E-state index contributed by atoms with van der Waals surface area (Å²) in [5.41, 5.74) is 13.1. The molecule has 2 aromatic heterocycles. The van der Waals surface area contributed by atoms with Crippen molar-refractivity contribution in [2.24, 2.45) is 0 Å². The number of fused-ring (bicyclic) bond motifs is 6. The van der Waals surface area contributed by atoms with E-state index in [1.165, 1.54) is 96.2 Å². The highest BCUT2D eigenvalue weighted by Crippen LogP contribution is 2.52. The van der Waals surface area contributed by atoms with Gasteiger partial charge in [0.05, 0.1) is 11.4 Å². The predicted molar refractivity (Wildman–Crippen MR) is 249 cm³/mol. The molecule has 2 heterocycles. The van der Waals surface area contributed by atoms with Crippen LogP contribution in [-0.2, 0) is 0 Å². The van der Waals surface area contributed by atoms with Gasteiger partial charge in [-0.15, -0.1) is 22.7 Å². The fourth-order valence-corrected chi connectivity index (χ4v) is 10.8. The average Bonchev–Trinajstić information content (AvgIpc) is 3.87. The van der Waals surface area contributed by atoms with E-state index in [4.69, 9.17) is 0 Å². The van der Waals surface area contributed by atoms with Crippen LogP contribution in [0.2, 0.25) is 0 Å². The van der Waals surface area contributed by atoms with E-state index in [2.05, 4.69) is 217 Å². The summed E-state index contributed by atoms with van der Waals surface area (Å²) in [5, 5.41) is 5.08. The quantitative estimate of drug-likeness (QED) is 0.156. The molecule has 0 saturated carbocycles. The molecule has 1 nitrogen and oxygen atoms in total. The van der Waals surface area contributed by atoms with Crippen LogP contribution in [0.4, 0.5) is 17.1 Å². The molecule has 3 heteroatoms. The Morgan fingerprint density at radius 1 is 0.298 bits per heavy atom. The van der Waals surface area contributed by atoms with Gasteiger partial charge in [0.25, 0.3) is 0 Å². The molecule has 0 amide bonds. The van der Waals surface area contributed by atoms with E-state index < -0.39 is 0 Å². The van der Waals surface area contributed by atoms with Crippen LogP contribution >= 0.6 is 22.7 Å². The largest absolute Gasteiger partial charge is 0.309 e. The molecular formula is C54H35NS2. The molecule has 11 rings (SSSR count). The number of benzene rings is 9. The van der Waals surface area contributed by atoms with Gasteiger partial charge >= 0.3 is 0 Å². The van der Waals surface area contributed by atoms with Gasteiger partial charge in [-0.2, -0.15) is 0 Å². The second-order valence-corrected chi connectivity index (χ2v) is 16.6. The zero-order valence-electron chi connectivity index (χ0n) is 31.0. The molecule has 0 atom stereocenters. The summed E-state index contributed by atoms with van der Waals surface area (Å²) in [6.07, 6.45) is 0. The van der Waals surface area contributed by atoms with E-state index in [1.807, 2.05) is 22.7 Å². The van der Waals surface area contributed by atoms with E-state index in [1.54, 1.807) is 0 Å². The van der Waals surface area contributed by atoms with Crippen LogP contribution in [0.5, 0.6) is 0 Å². The molecule has 0 unspecified atom stereocenters. The van der Waals surface area contributed by atoms with Crippen molar-refractivity contribution in [1.29, 1.82) is 0 Å². The van der Waals surface area contributed by atoms with Crippen molar-refractivity contribution < 1.29 is 0 Å². The molecule has 0 fully saturated rings. The van der Waals surface area contributed by atoms with Crippen molar-refractivity contribution in [3.8, 4) is 44.5 Å². The van der Waals surface area contributed by atoms with Crippen LogP contribution < -0.4 is 4.90 Å². The smallest absolute Gasteiger partial charge is 0.0555 e. The first-order chi connectivity index (χ1) is 28.3. The van der Waals surface area contributed by atoms with Crippen LogP contribution in [0.1, 0.15) is 0 Å². The molecule has 0 bridgehead atoms. The Hall–Kier alpha value is -6.78. The third-order valence-corrected chi connectivity index (χ3v) is 13.4. The van der Waals surface area contributed by atoms with Gasteiger partial charge in [0, 0.05) is 46.0 Å². The second kappa shape index (κ2) is 14.1. The first-order valence-electron chi connectivity index (χ1n) is 19.3. The molecule has 0 radical (unpaired) electrons. The summed E-state index contributed by atoms with van der Waals surface area (Å²) in [6, 6.07) is 77.7. The standard InChI is InChI=1S/C54H35NS2/c1-5-16-36(17-6-1)40-28-29-46-51(35-40)56-50-27-15-25-47(52(46)50)55(43-33-41(37-18-7-2-8-19-37)32-42(34-43)38-20-9-3-10-21-38)48-31-30-44(39-22-11-4-12-23-39)54-53(48)45-24-13-14-26-49(45)57-54/h1-35H. The van der Waals surface area contributed by atoms with Crippen LogP contribution in [0, 0.1) is 0 Å². The number of anilines is 3. The lowest BCUT2D eigenvalue weighted by molar-refractivity contribution is 1.32. The Bertz CT molecular complexity index is 3160. The Kier molecular flexibility index (Phi) is 8.28. The van der Waals surface area contributed by atoms with Gasteiger partial charge in [-0.1, -0.05) is 164 Å². The highest BCUT2D eigenvalue weighted by atomic mass is 32.1. The van der Waals surface area contributed by atoms with Gasteiger partial charge in [-0.3, -0.25) is 0 Å². The molecule has 11 aromatic rings. The Balaban J connectivity index is 1.24. The fourth-order valence-electron chi connectivity index (χ4n) is 8.39. The zero-order chi connectivity index (χ0) is 37.7. The molecule has 0 saturated heterocycles. The van der Waals surface area contributed by atoms with E-state index >= 15 is 0 Å². The molecule has 268 valence electrons. The van der Waals surface area contributed by atoms with Crippen molar-refractivity contribution in [2.45, 2.75) is 0 Å². The first kappa shape index (κ1) is 33.5. The number of hydrogen-bond donors (Lipinski definition) is 0. The molecular weight excluding hydrogens is 727 g/mol. The van der Waals surface area contributed by atoms with Crippen molar-refractivity contribution >= 4 is 80.1 Å². The van der Waals surface area contributed by atoms with E-state index in [0.717, 1.165) is 5.69 Å². The van der Waals surface area contributed by atoms with Crippen LogP contribution in [0.3, 0.4) is 0 Å².